The Morgan fingerprint density at radius 3 is 2.47 bits per heavy atom. The molecule has 4 rings (SSSR count). The van der Waals surface area contributed by atoms with Gasteiger partial charge >= 0.3 is 0 Å². The third-order valence-corrected chi connectivity index (χ3v) is 6.25. The number of aryl methyl sites for hydroxylation is 1. The van der Waals surface area contributed by atoms with E-state index in [1.165, 1.54) is 0 Å². The number of carbonyl (C=O) groups excluding carboxylic acids is 2. The van der Waals surface area contributed by atoms with E-state index < -0.39 is 18.9 Å². The summed E-state index contributed by atoms with van der Waals surface area (Å²) in [5.74, 6) is -0.483. The molecule has 0 bridgehead atoms. The van der Waals surface area contributed by atoms with Crippen molar-refractivity contribution in [3.8, 4) is 16.9 Å². The number of hydrogen-bond donors (Lipinski definition) is 1. The Labute approximate surface area is 207 Å². The van der Waals surface area contributed by atoms with Gasteiger partial charge in [-0.05, 0) is 60.4 Å². The number of nitrogens with zero attached hydrogens (tertiary/aromatic N) is 1. The molecule has 2 amide bonds. The number of ether oxygens (including phenoxy) is 1. The van der Waals surface area contributed by atoms with Crippen LogP contribution in [0.3, 0.4) is 0 Å². The van der Waals surface area contributed by atoms with Gasteiger partial charge in [-0.2, -0.15) is 0 Å². The van der Waals surface area contributed by atoms with Crippen LogP contribution in [0.5, 0.6) is 5.75 Å². The third-order valence-electron chi connectivity index (χ3n) is 6.25. The van der Waals surface area contributed by atoms with Crippen LogP contribution in [0.25, 0.3) is 11.1 Å². The maximum atomic E-state index is 14.7. The summed E-state index contributed by atoms with van der Waals surface area (Å²) in [7, 11) is 0. The Morgan fingerprint density at radius 1 is 1.06 bits per heavy atom. The van der Waals surface area contributed by atoms with Gasteiger partial charge in [-0.15, -0.1) is 0 Å². The second-order valence-corrected chi connectivity index (χ2v) is 8.65. The van der Waals surface area contributed by atoms with Gasteiger partial charge in [0.1, 0.15) is 18.2 Å². The minimum atomic E-state index is -2.61. The van der Waals surface area contributed by atoms with Crippen molar-refractivity contribution in [2.75, 3.05) is 19.7 Å². The van der Waals surface area contributed by atoms with Gasteiger partial charge < -0.3 is 15.0 Å². The van der Waals surface area contributed by atoms with Crippen LogP contribution in [0.4, 0.5) is 13.2 Å². The molecule has 1 aliphatic heterocycles. The smallest absolute Gasteiger partial charge is 0.255 e. The highest BCUT2D eigenvalue weighted by molar-refractivity contribution is 5.96. The highest BCUT2D eigenvalue weighted by Gasteiger charge is 2.24. The maximum Gasteiger partial charge on any atom is 0.255 e. The van der Waals surface area contributed by atoms with Crippen molar-refractivity contribution in [3.63, 3.8) is 0 Å². The lowest BCUT2D eigenvalue weighted by Gasteiger charge is -2.22. The van der Waals surface area contributed by atoms with E-state index in [2.05, 4.69) is 5.32 Å². The zero-order valence-electron chi connectivity index (χ0n) is 20.1. The molecule has 3 aromatic rings. The lowest BCUT2D eigenvalue weighted by Crippen LogP contribution is -2.33. The number of fused-ring (bicyclic) bond motifs is 1. The Morgan fingerprint density at radius 2 is 1.78 bits per heavy atom. The summed E-state index contributed by atoms with van der Waals surface area (Å²) in [6.07, 6.45) is -2.20. The van der Waals surface area contributed by atoms with E-state index in [1.54, 1.807) is 48.2 Å². The summed E-state index contributed by atoms with van der Waals surface area (Å²) in [5, 5.41) is 2.18. The minimum Gasteiger partial charge on any atom is -0.491 e. The first-order valence-electron chi connectivity index (χ1n) is 11.8. The zero-order valence-corrected chi connectivity index (χ0v) is 20.1. The van der Waals surface area contributed by atoms with Crippen LogP contribution in [0.1, 0.15) is 44.3 Å². The molecular formula is C28H27F3N2O3. The summed E-state index contributed by atoms with van der Waals surface area (Å²) in [5.41, 5.74) is 4.04. The van der Waals surface area contributed by atoms with Gasteiger partial charge in [0.25, 0.3) is 18.2 Å². The fraction of sp³-hybridized carbons (Fsp3) is 0.286. The fourth-order valence-corrected chi connectivity index (χ4v) is 4.29. The molecule has 8 heteroatoms. The molecule has 188 valence electrons. The molecule has 1 N–H and O–H groups in total. The Hall–Kier alpha value is -3.81. The predicted molar refractivity (Wildman–Crippen MR) is 131 cm³/mol. The van der Waals surface area contributed by atoms with E-state index in [9.17, 15) is 22.8 Å². The van der Waals surface area contributed by atoms with Crippen molar-refractivity contribution in [3.05, 3.63) is 88.2 Å². The molecule has 0 saturated carbocycles. The van der Waals surface area contributed by atoms with E-state index in [0.717, 1.165) is 16.7 Å². The number of amides is 2. The number of benzene rings is 3. The predicted octanol–water partition coefficient (Wildman–Crippen LogP) is 5.39. The SMILES string of the molecule is CCc1c(C(=O)N2CCOc3ccc(-c4ccc(C(=O)NCC(F)F)cc4)cc3C2)ccc(C)c1F. The second kappa shape index (κ2) is 10.8. The molecule has 36 heavy (non-hydrogen) atoms. The molecule has 5 nitrogen and oxygen atoms in total. The van der Waals surface area contributed by atoms with Crippen LogP contribution in [-0.2, 0) is 13.0 Å². The molecular weight excluding hydrogens is 469 g/mol. The van der Waals surface area contributed by atoms with E-state index >= 15 is 0 Å². The van der Waals surface area contributed by atoms with Crippen molar-refractivity contribution in [2.45, 2.75) is 33.2 Å². The van der Waals surface area contributed by atoms with Gasteiger partial charge in [0, 0.05) is 28.8 Å². The van der Waals surface area contributed by atoms with Gasteiger partial charge in [0.2, 0.25) is 0 Å². The van der Waals surface area contributed by atoms with Crippen molar-refractivity contribution >= 4 is 11.8 Å². The number of nitrogens with one attached hydrogen (secondary N) is 1. The summed E-state index contributed by atoms with van der Waals surface area (Å²) >= 11 is 0. The van der Waals surface area contributed by atoms with Crippen LogP contribution in [0.15, 0.2) is 54.6 Å². The van der Waals surface area contributed by atoms with Gasteiger partial charge in [-0.1, -0.05) is 31.2 Å². The lowest BCUT2D eigenvalue weighted by atomic mass is 9.99. The van der Waals surface area contributed by atoms with Crippen LogP contribution >= 0.6 is 0 Å². The van der Waals surface area contributed by atoms with Crippen molar-refractivity contribution in [1.29, 1.82) is 0 Å². The van der Waals surface area contributed by atoms with Gasteiger partial charge in [0.15, 0.2) is 0 Å². The first-order valence-corrected chi connectivity index (χ1v) is 11.8. The lowest BCUT2D eigenvalue weighted by molar-refractivity contribution is 0.0731. The number of hydrogen-bond acceptors (Lipinski definition) is 3. The zero-order chi connectivity index (χ0) is 25.8. The molecule has 0 radical (unpaired) electrons. The van der Waals surface area contributed by atoms with Gasteiger partial charge in [-0.25, -0.2) is 13.2 Å². The van der Waals surface area contributed by atoms with E-state index in [0.29, 0.717) is 48.6 Å². The summed E-state index contributed by atoms with van der Waals surface area (Å²) in [4.78, 5) is 27.0. The first kappa shape index (κ1) is 25.3. The van der Waals surface area contributed by atoms with Crippen molar-refractivity contribution < 1.29 is 27.5 Å². The minimum absolute atomic E-state index is 0.244. The third kappa shape index (κ3) is 5.37. The van der Waals surface area contributed by atoms with Gasteiger partial charge in [-0.3, -0.25) is 9.59 Å². The number of rotatable bonds is 6. The monoisotopic (exact) mass is 496 g/mol. The van der Waals surface area contributed by atoms with Crippen LogP contribution in [0.2, 0.25) is 0 Å². The Kier molecular flexibility index (Phi) is 7.62. The maximum absolute atomic E-state index is 14.7. The van der Waals surface area contributed by atoms with Gasteiger partial charge in [0.05, 0.1) is 13.1 Å². The van der Waals surface area contributed by atoms with E-state index in [4.69, 9.17) is 4.74 Å². The quantitative estimate of drug-likeness (QED) is 0.498. The van der Waals surface area contributed by atoms with Crippen LogP contribution < -0.4 is 10.1 Å². The Bertz CT molecular complexity index is 1280. The molecule has 0 saturated heterocycles. The highest BCUT2D eigenvalue weighted by atomic mass is 19.3. The topological polar surface area (TPSA) is 58.6 Å². The van der Waals surface area contributed by atoms with Crippen molar-refractivity contribution in [1.82, 2.24) is 10.2 Å². The van der Waals surface area contributed by atoms with Crippen molar-refractivity contribution in [2.24, 2.45) is 0 Å². The molecule has 1 heterocycles. The van der Waals surface area contributed by atoms with E-state index in [1.807, 2.05) is 25.1 Å². The average Bonchev–Trinajstić information content (AvgIpc) is 3.10. The van der Waals surface area contributed by atoms with Crippen LogP contribution in [0, 0.1) is 12.7 Å². The normalized spacial score (nSPS) is 13.1. The number of carbonyl (C=O) groups is 2. The fourth-order valence-electron chi connectivity index (χ4n) is 4.29. The van der Waals surface area contributed by atoms with E-state index in [-0.39, 0.29) is 17.3 Å². The second-order valence-electron chi connectivity index (χ2n) is 8.65. The summed E-state index contributed by atoms with van der Waals surface area (Å²) in [6, 6.07) is 15.6. The number of halogens is 3. The molecule has 0 atom stereocenters. The Balaban J connectivity index is 1.56. The largest absolute Gasteiger partial charge is 0.491 e. The summed E-state index contributed by atoms with van der Waals surface area (Å²) in [6.45, 7) is 3.79. The summed E-state index contributed by atoms with van der Waals surface area (Å²) < 4.78 is 45.2. The molecule has 0 fully saturated rings. The standard InChI is InChI=1S/C28H27F3N2O3/c1-3-22-23(10-4-17(2)26(22)31)28(35)33-12-13-36-24-11-9-20(14-21(24)16-33)18-5-7-19(8-6-18)27(34)32-15-25(29)30/h4-11,14,25H,3,12-13,15-16H2,1-2H3,(H,32,34). The molecule has 0 unspecified atom stereocenters. The molecule has 0 aromatic heterocycles. The molecule has 0 spiro atoms. The first-order chi connectivity index (χ1) is 17.3. The average molecular weight is 497 g/mol. The molecule has 1 aliphatic rings. The van der Waals surface area contributed by atoms with Crippen LogP contribution in [-0.4, -0.2) is 42.8 Å². The molecule has 0 aliphatic carbocycles. The highest BCUT2D eigenvalue weighted by Crippen LogP contribution is 2.30. The number of alkyl halides is 2. The molecule has 3 aromatic carbocycles.